The largest absolute Gasteiger partial charge is 0.506 e. The van der Waals surface area contributed by atoms with Gasteiger partial charge in [0.1, 0.15) is 5.75 Å². The quantitative estimate of drug-likeness (QED) is 0.725. The minimum absolute atomic E-state index is 0.00407. The van der Waals surface area contributed by atoms with E-state index in [1.807, 2.05) is 6.92 Å². The molecule has 94 valence electrons. The number of aromatic hydroxyl groups is 1. The normalized spacial score (nSPS) is 11.3. The molecule has 0 aliphatic rings. The molecule has 0 unspecified atom stereocenters. The van der Waals surface area contributed by atoms with E-state index in [1.165, 1.54) is 12.1 Å². The topological polar surface area (TPSA) is 61.4 Å². The molecule has 0 spiro atoms. The van der Waals surface area contributed by atoms with E-state index < -0.39 is 5.54 Å². The summed E-state index contributed by atoms with van der Waals surface area (Å²) in [6.45, 7) is 6.24. The molecule has 0 aromatic heterocycles. The molecular formula is C12H17ClN2O2. The van der Waals surface area contributed by atoms with Gasteiger partial charge in [-0.25, -0.2) is 0 Å². The Hall–Kier alpha value is -1.26. The summed E-state index contributed by atoms with van der Waals surface area (Å²) in [6, 6.07) is 4.55. The highest BCUT2D eigenvalue weighted by Gasteiger charge is 2.26. The minimum atomic E-state index is -0.654. The molecule has 0 aliphatic heterocycles. The lowest BCUT2D eigenvalue weighted by atomic mass is 10.0. The Bertz CT molecular complexity index is 419. The zero-order chi connectivity index (χ0) is 13.1. The Morgan fingerprint density at radius 2 is 2.12 bits per heavy atom. The van der Waals surface area contributed by atoms with Crippen molar-refractivity contribution in [1.82, 2.24) is 5.32 Å². The van der Waals surface area contributed by atoms with E-state index >= 15 is 0 Å². The molecule has 0 atom stereocenters. The fourth-order valence-electron chi connectivity index (χ4n) is 1.39. The van der Waals surface area contributed by atoms with Crippen LogP contribution < -0.4 is 10.6 Å². The van der Waals surface area contributed by atoms with Gasteiger partial charge in [-0.2, -0.15) is 0 Å². The SMILES string of the molecule is CCNC(C)(C)C(=O)Nc1ccc(O)c(Cl)c1. The number of hydrogen-bond acceptors (Lipinski definition) is 3. The second-order valence-electron chi connectivity index (χ2n) is 4.28. The van der Waals surface area contributed by atoms with Gasteiger partial charge in [0.15, 0.2) is 0 Å². The molecule has 1 aromatic carbocycles. The van der Waals surface area contributed by atoms with Crippen LogP contribution in [0.2, 0.25) is 5.02 Å². The first-order chi connectivity index (χ1) is 7.86. The zero-order valence-corrected chi connectivity index (χ0v) is 10.9. The van der Waals surface area contributed by atoms with Crippen LogP contribution in [0.1, 0.15) is 20.8 Å². The first-order valence-electron chi connectivity index (χ1n) is 5.42. The van der Waals surface area contributed by atoms with Gasteiger partial charge in [-0.15, -0.1) is 0 Å². The van der Waals surface area contributed by atoms with Crippen LogP contribution in [-0.2, 0) is 4.79 Å². The molecule has 0 saturated carbocycles. The van der Waals surface area contributed by atoms with E-state index in [4.69, 9.17) is 11.6 Å². The molecule has 3 N–H and O–H groups in total. The maximum atomic E-state index is 11.9. The number of carbonyl (C=O) groups is 1. The maximum Gasteiger partial charge on any atom is 0.244 e. The predicted molar refractivity (Wildman–Crippen MR) is 69.5 cm³/mol. The molecule has 0 fully saturated rings. The number of rotatable bonds is 4. The number of carbonyl (C=O) groups excluding carboxylic acids is 1. The van der Waals surface area contributed by atoms with Crippen molar-refractivity contribution in [3.63, 3.8) is 0 Å². The third kappa shape index (κ3) is 3.61. The van der Waals surface area contributed by atoms with Crippen LogP contribution in [0, 0.1) is 0 Å². The number of phenolic OH excluding ortho intramolecular Hbond substituents is 1. The van der Waals surface area contributed by atoms with Gasteiger partial charge in [0.05, 0.1) is 10.6 Å². The molecule has 0 aliphatic carbocycles. The average Bonchev–Trinajstić information content (AvgIpc) is 2.23. The maximum absolute atomic E-state index is 11.9. The summed E-state index contributed by atoms with van der Waals surface area (Å²) in [5, 5.41) is 15.3. The van der Waals surface area contributed by atoms with Crippen LogP contribution in [0.15, 0.2) is 18.2 Å². The average molecular weight is 257 g/mol. The van der Waals surface area contributed by atoms with Crippen LogP contribution in [-0.4, -0.2) is 23.1 Å². The molecule has 1 rings (SSSR count). The lowest BCUT2D eigenvalue weighted by Gasteiger charge is -2.24. The van der Waals surface area contributed by atoms with E-state index in [1.54, 1.807) is 19.9 Å². The molecule has 1 amide bonds. The van der Waals surface area contributed by atoms with Crippen molar-refractivity contribution in [3.05, 3.63) is 23.2 Å². The molecule has 0 heterocycles. The predicted octanol–water partition coefficient (Wildman–Crippen LogP) is 2.37. The van der Waals surface area contributed by atoms with Crippen molar-refractivity contribution in [2.75, 3.05) is 11.9 Å². The zero-order valence-electron chi connectivity index (χ0n) is 10.2. The lowest BCUT2D eigenvalue weighted by molar-refractivity contribution is -0.121. The first kappa shape index (κ1) is 13.8. The number of halogens is 1. The van der Waals surface area contributed by atoms with Crippen molar-refractivity contribution in [2.45, 2.75) is 26.3 Å². The smallest absolute Gasteiger partial charge is 0.244 e. The fraction of sp³-hybridized carbons (Fsp3) is 0.417. The minimum Gasteiger partial charge on any atom is -0.506 e. The summed E-state index contributed by atoms with van der Waals surface area (Å²) in [5.74, 6) is -0.156. The third-order valence-electron chi connectivity index (χ3n) is 2.39. The van der Waals surface area contributed by atoms with Gasteiger partial charge in [-0.3, -0.25) is 4.79 Å². The number of hydrogen-bond donors (Lipinski definition) is 3. The van der Waals surface area contributed by atoms with Crippen LogP contribution in [0.25, 0.3) is 0 Å². The molecule has 0 bridgehead atoms. The molecule has 0 saturated heterocycles. The van der Waals surface area contributed by atoms with Gasteiger partial charge in [0.2, 0.25) is 5.91 Å². The van der Waals surface area contributed by atoms with Gasteiger partial charge in [-0.1, -0.05) is 18.5 Å². The van der Waals surface area contributed by atoms with Crippen molar-refractivity contribution < 1.29 is 9.90 Å². The van der Waals surface area contributed by atoms with E-state index in [9.17, 15) is 9.90 Å². The van der Waals surface area contributed by atoms with Gasteiger partial charge in [-0.05, 0) is 38.6 Å². The van der Waals surface area contributed by atoms with Crippen LogP contribution >= 0.6 is 11.6 Å². The number of anilines is 1. The number of phenols is 1. The van der Waals surface area contributed by atoms with Gasteiger partial charge in [0.25, 0.3) is 0 Å². The molecule has 4 nitrogen and oxygen atoms in total. The lowest BCUT2D eigenvalue weighted by Crippen LogP contribution is -2.49. The summed E-state index contributed by atoms with van der Waals surface area (Å²) in [6.07, 6.45) is 0. The standard InChI is InChI=1S/C12H17ClN2O2/c1-4-14-12(2,3)11(17)15-8-5-6-10(16)9(13)7-8/h5-7,14,16H,4H2,1-3H3,(H,15,17). The van der Waals surface area contributed by atoms with E-state index in [-0.39, 0.29) is 16.7 Å². The second kappa shape index (κ2) is 5.38. The number of amides is 1. The number of nitrogens with one attached hydrogen (secondary N) is 2. The first-order valence-corrected chi connectivity index (χ1v) is 5.79. The van der Waals surface area contributed by atoms with Crippen molar-refractivity contribution in [1.29, 1.82) is 0 Å². The highest BCUT2D eigenvalue weighted by atomic mass is 35.5. The summed E-state index contributed by atoms with van der Waals surface area (Å²) in [7, 11) is 0. The summed E-state index contributed by atoms with van der Waals surface area (Å²) in [4.78, 5) is 11.9. The van der Waals surface area contributed by atoms with Gasteiger partial charge < -0.3 is 15.7 Å². The van der Waals surface area contributed by atoms with E-state index in [0.29, 0.717) is 12.2 Å². The van der Waals surface area contributed by atoms with Crippen LogP contribution in [0.3, 0.4) is 0 Å². The molecule has 5 heteroatoms. The monoisotopic (exact) mass is 256 g/mol. The third-order valence-corrected chi connectivity index (χ3v) is 2.69. The van der Waals surface area contributed by atoms with Crippen molar-refractivity contribution >= 4 is 23.2 Å². The van der Waals surface area contributed by atoms with Crippen molar-refractivity contribution in [3.8, 4) is 5.75 Å². The van der Waals surface area contributed by atoms with Gasteiger partial charge in [0, 0.05) is 5.69 Å². The summed E-state index contributed by atoms with van der Waals surface area (Å²) in [5.41, 5.74) is -0.0946. The molecule has 1 aromatic rings. The molecule has 0 radical (unpaired) electrons. The van der Waals surface area contributed by atoms with Gasteiger partial charge >= 0.3 is 0 Å². The van der Waals surface area contributed by atoms with Crippen LogP contribution in [0.5, 0.6) is 5.75 Å². The highest BCUT2D eigenvalue weighted by molar-refractivity contribution is 6.32. The molecule has 17 heavy (non-hydrogen) atoms. The Morgan fingerprint density at radius 3 is 2.65 bits per heavy atom. The fourth-order valence-corrected chi connectivity index (χ4v) is 1.57. The van der Waals surface area contributed by atoms with Crippen LogP contribution in [0.4, 0.5) is 5.69 Å². The Morgan fingerprint density at radius 1 is 1.47 bits per heavy atom. The summed E-state index contributed by atoms with van der Waals surface area (Å²) < 4.78 is 0. The van der Waals surface area contributed by atoms with E-state index in [2.05, 4.69) is 10.6 Å². The van der Waals surface area contributed by atoms with E-state index in [0.717, 1.165) is 0 Å². The highest BCUT2D eigenvalue weighted by Crippen LogP contribution is 2.26. The Kier molecular flexibility index (Phi) is 4.37. The second-order valence-corrected chi connectivity index (χ2v) is 4.68. The Labute approximate surface area is 106 Å². The number of benzene rings is 1. The number of likely N-dealkylation sites (N-methyl/N-ethyl adjacent to an activating group) is 1. The van der Waals surface area contributed by atoms with Crippen molar-refractivity contribution in [2.24, 2.45) is 0 Å². The Balaban J connectivity index is 2.77. The summed E-state index contributed by atoms with van der Waals surface area (Å²) >= 11 is 5.76. The molecular weight excluding hydrogens is 240 g/mol.